The molecule has 1 amide bonds. The third kappa shape index (κ3) is 5.91. The van der Waals surface area contributed by atoms with Gasteiger partial charge in [-0.1, -0.05) is 63.6 Å². The molecule has 1 aliphatic heterocycles. The molecule has 2 unspecified atom stereocenters. The highest BCUT2D eigenvalue weighted by Gasteiger charge is 2.38. The van der Waals surface area contributed by atoms with Gasteiger partial charge < -0.3 is 14.8 Å². The molecule has 0 fully saturated rings. The van der Waals surface area contributed by atoms with Crippen molar-refractivity contribution in [2.75, 3.05) is 18.0 Å². The molecule has 3 aromatic rings. The number of carbonyl (C=O) groups excluding carboxylic acids is 1. The number of anilines is 1. The molecular formula is C31H38N2O5S. The van der Waals surface area contributed by atoms with Crippen molar-refractivity contribution in [2.24, 2.45) is 0 Å². The summed E-state index contributed by atoms with van der Waals surface area (Å²) >= 11 is 0. The van der Waals surface area contributed by atoms with Gasteiger partial charge in [0.15, 0.2) is 6.10 Å². The van der Waals surface area contributed by atoms with Crippen LogP contribution in [0.4, 0.5) is 5.69 Å². The molecule has 3 aromatic carbocycles. The minimum absolute atomic E-state index is 0.138. The van der Waals surface area contributed by atoms with E-state index in [9.17, 15) is 13.2 Å². The maximum absolute atomic E-state index is 13.9. The normalized spacial score (nSPS) is 16.2. The predicted molar refractivity (Wildman–Crippen MR) is 154 cm³/mol. The second-order valence-electron chi connectivity index (χ2n) is 11.1. The summed E-state index contributed by atoms with van der Waals surface area (Å²) < 4.78 is 40.7. The van der Waals surface area contributed by atoms with Crippen molar-refractivity contribution in [2.45, 2.75) is 70.4 Å². The van der Waals surface area contributed by atoms with E-state index in [-0.39, 0.29) is 28.8 Å². The van der Waals surface area contributed by atoms with Gasteiger partial charge in [0.25, 0.3) is 15.9 Å². The van der Waals surface area contributed by atoms with Gasteiger partial charge in [-0.25, -0.2) is 8.42 Å². The van der Waals surface area contributed by atoms with Gasteiger partial charge in [-0.05, 0) is 72.7 Å². The van der Waals surface area contributed by atoms with E-state index in [1.807, 2.05) is 51.1 Å². The van der Waals surface area contributed by atoms with Gasteiger partial charge in [0.2, 0.25) is 0 Å². The van der Waals surface area contributed by atoms with Gasteiger partial charge in [-0.15, -0.1) is 0 Å². The van der Waals surface area contributed by atoms with Gasteiger partial charge in [0.05, 0.1) is 30.3 Å². The number of fused-ring (bicyclic) bond motifs is 1. The summed E-state index contributed by atoms with van der Waals surface area (Å²) in [7, 11) is -2.34. The second kappa shape index (κ2) is 10.9. The molecule has 1 N–H and O–H groups in total. The van der Waals surface area contributed by atoms with E-state index in [0.717, 1.165) is 28.0 Å². The number of rotatable bonds is 7. The molecule has 39 heavy (non-hydrogen) atoms. The van der Waals surface area contributed by atoms with Crippen LogP contribution in [0.3, 0.4) is 0 Å². The average molecular weight is 551 g/mol. The van der Waals surface area contributed by atoms with Crippen molar-refractivity contribution in [1.29, 1.82) is 0 Å². The van der Waals surface area contributed by atoms with Crippen LogP contribution in [0.25, 0.3) is 0 Å². The quantitative estimate of drug-likeness (QED) is 0.400. The van der Waals surface area contributed by atoms with Gasteiger partial charge in [0, 0.05) is 0 Å². The Labute approximate surface area is 232 Å². The maximum Gasteiger partial charge on any atom is 0.264 e. The van der Waals surface area contributed by atoms with Crippen LogP contribution in [0.2, 0.25) is 0 Å². The lowest BCUT2D eigenvalue weighted by Gasteiger charge is -2.36. The van der Waals surface area contributed by atoms with E-state index in [1.54, 1.807) is 37.4 Å². The molecule has 2 atom stereocenters. The van der Waals surface area contributed by atoms with Crippen LogP contribution in [0, 0.1) is 13.8 Å². The fourth-order valence-electron chi connectivity index (χ4n) is 4.72. The zero-order valence-electron chi connectivity index (χ0n) is 23.7. The first-order valence-electron chi connectivity index (χ1n) is 13.2. The largest absolute Gasteiger partial charge is 0.496 e. The monoisotopic (exact) mass is 550 g/mol. The molecule has 0 aliphatic carbocycles. The smallest absolute Gasteiger partial charge is 0.264 e. The summed E-state index contributed by atoms with van der Waals surface area (Å²) in [4.78, 5) is 13.7. The highest BCUT2D eigenvalue weighted by molar-refractivity contribution is 7.92. The zero-order chi connectivity index (χ0) is 28.5. The summed E-state index contributed by atoms with van der Waals surface area (Å²) in [6.45, 7) is 11.9. The number of sulfonamides is 1. The Balaban J connectivity index is 1.69. The lowest BCUT2D eigenvalue weighted by atomic mass is 9.86. The fourth-order valence-corrected chi connectivity index (χ4v) is 6.19. The SMILES string of the molecule is CCC(NC(=O)C1CN(S(=O)(=O)c2ccc(C)cc2)c2cc(C(C)(C)C)ccc2O1)c1ccc(OC)c(C)c1. The Morgan fingerprint density at radius 3 is 2.36 bits per heavy atom. The Hall–Kier alpha value is -3.52. The number of aryl methyl sites for hydroxylation is 2. The van der Waals surface area contributed by atoms with Crippen LogP contribution in [-0.4, -0.2) is 34.1 Å². The summed E-state index contributed by atoms with van der Waals surface area (Å²) in [5, 5.41) is 3.08. The molecule has 4 rings (SSSR count). The molecule has 208 valence electrons. The Morgan fingerprint density at radius 2 is 1.77 bits per heavy atom. The van der Waals surface area contributed by atoms with Gasteiger partial charge in [-0.2, -0.15) is 0 Å². The van der Waals surface area contributed by atoms with Gasteiger partial charge in [-0.3, -0.25) is 9.10 Å². The molecule has 0 bridgehead atoms. The number of benzene rings is 3. The second-order valence-corrected chi connectivity index (χ2v) is 12.9. The number of methoxy groups -OCH3 is 1. The predicted octanol–water partition coefficient (Wildman–Crippen LogP) is 5.83. The Morgan fingerprint density at radius 1 is 1.08 bits per heavy atom. The minimum atomic E-state index is -3.96. The first-order chi connectivity index (χ1) is 18.3. The molecule has 1 heterocycles. The first kappa shape index (κ1) is 28.5. The molecule has 7 nitrogen and oxygen atoms in total. The average Bonchev–Trinajstić information content (AvgIpc) is 2.90. The highest BCUT2D eigenvalue weighted by Crippen LogP contribution is 2.40. The molecule has 0 saturated heterocycles. The molecule has 0 spiro atoms. The van der Waals surface area contributed by atoms with Crippen LogP contribution in [-0.2, 0) is 20.2 Å². The number of carbonyl (C=O) groups is 1. The third-order valence-corrected chi connectivity index (χ3v) is 8.94. The number of ether oxygens (including phenoxy) is 2. The number of hydrogen-bond acceptors (Lipinski definition) is 5. The topological polar surface area (TPSA) is 84.9 Å². The van der Waals surface area contributed by atoms with Crippen molar-refractivity contribution >= 4 is 21.6 Å². The zero-order valence-corrected chi connectivity index (χ0v) is 24.6. The van der Waals surface area contributed by atoms with Crippen LogP contribution in [0.15, 0.2) is 65.6 Å². The van der Waals surface area contributed by atoms with Crippen LogP contribution < -0.4 is 19.1 Å². The standard InChI is InChI=1S/C31H38N2O5S/c1-8-25(22-11-15-27(37-7)21(3)17-22)32-30(34)29-19-33(39(35,36)24-13-9-20(2)10-14-24)26-18-23(31(4,5)6)12-16-28(26)38-29/h9-18,25,29H,8,19H2,1-7H3,(H,32,34). The van der Waals surface area contributed by atoms with E-state index in [0.29, 0.717) is 17.9 Å². The summed E-state index contributed by atoms with van der Waals surface area (Å²) in [6.07, 6.45) is -0.368. The third-order valence-electron chi connectivity index (χ3n) is 7.14. The molecule has 0 radical (unpaired) electrons. The van der Waals surface area contributed by atoms with Gasteiger partial charge >= 0.3 is 0 Å². The number of nitrogens with zero attached hydrogens (tertiary/aromatic N) is 1. The molecule has 1 aliphatic rings. The van der Waals surface area contributed by atoms with E-state index >= 15 is 0 Å². The molecule has 8 heteroatoms. The molecular weight excluding hydrogens is 512 g/mol. The van der Waals surface area contributed by atoms with E-state index < -0.39 is 16.1 Å². The number of nitrogens with one attached hydrogen (secondary N) is 1. The van der Waals surface area contributed by atoms with Crippen LogP contribution in [0.5, 0.6) is 11.5 Å². The molecule has 0 aromatic heterocycles. The highest BCUT2D eigenvalue weighted by atomic mass is 32.2. The van der Waals surface area contributed by atoms with Crippen molar-refractivity contribution in [3.8, 4) is 11.5 Å². The van der Waals surface area contributed by atoms with E-state index in [4.69, 9.17) is 9.47 Å². The van der Waals surface area contributed by atoms with E-state index in [1.165, 1.54) is 4.31 Å². The van der Waals surface area contributed by atoms with Crippen molar-refractivity contribution in [1.82, 2.24) is 5.32 Å². The van der Waals surface area contributed by atoms with Crippen molar-refractivity contribution < 1.29 is 22.7 Å². The molecule has 0 saturated carbocycles. The summed E-state index contributed by atoms with van der Waals surface area (Å²) in [6, 6.07) is 17.8. The van der Waals surface area contributed by atoms with Crippen molar-refractivity contribution in [3.63, 3.8) is 0 Å². The van der Waals surface area contributed by atoms with Crippen LogP contribution >= 0.6 is 0 Å². The summed E-state index contributed by atoms with van der Waals surface area (Å²) in [5.74, 6) is 0.766. The lowest BCUT2D eigenvalue weighted by Crippen LogP contribution is -2.51. The minimum Gasteiger partial charge on any atom is -0.496 e. The first-order valence-corrected chi connectivity index (χ1v) is 14.6. The number of amides is 1. The summed E-state index contributed by atoms with van der Waals surface area (Å²) in [5.41, 5.74) is 4.08. The lowest BCUT2D eigenvalue weighted by molar-refractivity contribution is -0.128. The fraction of sp³-hybridized carbons (Fsp3) is 0.387. The van der Waals surface area contributed by atoms with Gasteiger partial charge in [0.1, 0.15) is 11.5 Å². The maximum atomic E-state index is 13.9. The number of hydrogen-bond donors (Lipinski definition) is 1. The van der Waals surface area contributed by atoms with Crippen molar-refractivity contribution in [3.05, 3.63) is 82.9 Å². The Kier molecular flexibility index (Phi) is 7.98. The Bertz CT molecular complexity index is 1460. The van der Waals surface area contributed by atoms with Crippen LogP contribution in [0.1, 0.15) is 62.4 Å². The van der Waals surface area contributed by atoms with E-state index in [2.05, 4.69) is 26.1 Å².